The number of nitrogens with zero attached hydrogens (tertiary/aromatic N) is 4. The number of furan rings is 1. The molecule has 1 aromatic heterocycles. The molecule has 3 heterocycles. The topological polar surface area (TPSA) is 61.5 Å². The summed E-state index contributed by atoms with van der Waals surface area (Å²) in [6.45, 7) is 6.17. The van der Waals surface area contributed by atoms with Gasteiger partial charge in [0.25, 0.3) is 0 Å². The van der Waals surface area contributed by atoms with E-state index in [2.05, 4.69) is 21.9 Å². The highest BCUT2D eigenvalue weighted by molar-refractivity contribution is 6.30. The van der Waals surface area contributed by atoms with Crippen LogP contribution in [-0.2, 0) is 4.74 Å². The summed E-state index contributed by atoms with van der Waals surface area (Å²) >= 11 is 5.93. The number of halogens is 1. The number of hydrogen-bond donors (Lipinski definition) is 0. The molecule has 2 saturated heterocycles. The quantitative estimate of drug-likeness (QED) is 0.451. The van der Waals surface area contributed by atoms with Gasteiger partial charge >= 0.3 is 6.09 Å². The van der Waals surface area contributed by atoms with Crippen LogP contribution in [-0.4, -0.2) is 79.5 Å². The molecule has 1 atom stereocenters. The lowest BCUT2D eigenvalue weighted by Crippen LogP contribution is -2.44. The van der Waals surface area contributed by atoms with Gasteiger partial charge in [-0.2, -0.15) is 10.1 Å². The molecule has 0 spiro atoms. The van der Waals surface area contributed by atoms with Crippen LogP contribution in [0.1, 0.15) is 25.0 Å². The summed E-state index contributed by atoms with van der Waals surface area (Å²) in [6, 6.07) is 11.1. The van der Waals surface area contributed by atoms with Crippen molar-refractivity contribution in [3.8, 4) is 11.3 Å². The number of likely N-dealkylation sites (N-methyl/N-ethyl adjacent to an activating group) is 1. The van der Waals surface area contributed by atoms with Crippen molar-refractivity contribution in [3.63, 3.8) is 0 Å². The van der Waals surface area contributed by atoms with E-state index in [1.165, 1.54) is 5.01 Å². The van der Waals surface area contributed by atoms with Gasteiger partial charge in [0.2, 0.25) is 0 Å². The molecule has 2 aliphatic rings. The van der Waals surface area contributed by atoms with Crippen LogP contribution < -0.4 is 0 Å². The number of carbonyl (C=O) groups excluding carboxylic acids is 1. The SMILES string of the molecule is CN1CCN(CCCCC2CN(N=Cc3ccc(-c4ccc(Cl)cc4)o3)C(=O)O2)CC1. The monoisotopic (exact) mass is 444 g/mol. The molecule has 0 saturated carbocycles. The highest BCUT2D eigenvalue weighted by atomic mass is 35.5. The second-order valence-electron chi connectivity index (χ2n) is 8.18. The van der Waals surface area contributed by atoms with E-state index < -0.39 is 6.09 Å². The molecule has 7 nitrogen and oxygen atoms in total. The van der Waals surface area contributed by atoms with Crippen LogP contribution in [0.5, 0.6) is 0 Å². The van der Waals surface area contributed by atoms with Crippen LogP contribution in [0.25, 0.3) is 11.3 Å². The van der Waals surface area contributed by atoms with Crippen molar-refractivity contribution in [2.75, 3.05) is 46.3 Å². The van der Waals surface area contributed by atoms with Gasteiger partial charge in [0, 0.05) is 36.8 Å². The van der Waals surface area contributed by atoms with Gasteiger partial charge in [0.05, 0.1) is 12.8 Å². The first-order chi connectivity index (χ1) is 15.1. The van der Waals surface area contributed by atoms with Crippen molar-refractivity contribution in [3.05, 3.63) is 47.2 Å². The molecule has 0 aliphatic carbocycles. The van der Waals surface area contributed by atoms with Gasteiger partial charge in [-0.15, -0.1) is 0 Å². The number of hydrazone groups is 1. The summed E-state index contributed by atoms with van der Waals surface area (Å²) in [6.07, 6.45) is 4.09. The Labute approximate surface area is 188 Å². The highest BCUT2D eigenvalue weighted by Crippen LogP contribution is 2.23. The third-order valence-electron chi connectivity index (χ3n) is 5.78. The summed E-state index contributed by atoms with van der Waals surface area (Å²) in [5, 5.41) is 6.31. The molecule has 2 aliphatic heterocycles. The van der Waals surface area contributed by atoms with Gasteiger partial charge in [-0.1, -0.05) is 11.6 Å². The molecule has 4 rings (SSSR count). The molecule has 1 aromatic carbocycles. The Balaban J connectivity index is 1.20. The van der Waals surface area contributed by atoms with Crippen LogP contribution in [0, 0.1) is 0 Å². The number of carbonyl (C=O) groups is 1. The van der Waals surface area contributed by atoms with E-state index in [1.807, 2.05) is 36.4 Å². The van der Waals surface area contributed by atoms with E-state index in [9.17, 15) is 4.79 Å². The standard InChI is InChI=1S/C23H29ClN4O3/c1-26-12-14-27(15-13-26)11-3-2-4-21-17-28(23(29)31-21)25-16-20-9-10-22(30-20)18-5-7-19(24)8-6-18/h5-10,16,21H,2-4,11-15,17H2,1H3. The fraction of sp³-hybridized carbons (Fsp3) is 0.478. The normalized spacial score (nSPS) is 20.6. The number of rotatable bonds is 8. The van der Waals surface area contributed by atoms with Gasteiger partial charge < -0.3 is 19.0 Å². The van der Waals surface area contributed by atoms with Gasteiger partial charge in [-0.3, -0.25) is 0 Å². The minimum Gasteiger partial charge on any atom is -0.455 e. The van der Waals surface area contributed by atoms with Gasteiger partial charge in [-0.05, 0) is 69.3 Å². The van der Waals surface area contributed by atoms with Gasteiger partial charge in [0.1, 0.15) is 17.6 Å². The van der Waals surface area contributed by atoms with Gasteiger partial charge in [0.15, 0.2) is 0 Å². The maximum Gasteiger partial charge on any atom is 0.430 e. The van der Waals surface area contributed by atoms with Crippen LogP contribution in [0.2, 0.25) is 5.02 Å². The lowest BCUT2D eigenvalue weighted by Gasteiger charge is -2.32. The number of amides is 1. The van der Waals surface area contributed by atoms with Crippen molar-refractivity contribution in [1.29, 1.82) is 0 Å². The fourth-order valence-corrected chi connectivity index (χ4v) is 3.98. The predicted octanol–water partition coefficient (Wildman–Crippen LogP) is 4.17. The molecule has 8 heteroatoms. The summed E-state index contributed by atoms with van der Waals surface area (Å²) in [7, 11) is 2.17. The van der Waals surface area contributed by atoms with E-state index in [0.717, 1.165) is 63.3 Å². The number of piperazine rings is 1. The Morgan fingerprint density at radius 3 is 2.65 bits per heavy atom. The first-order valence-corrected chi connectivity index (χ1v) is 11.2. The van der Waals surface area contributed by atoms with Gasteiger partial charge in [-0.25, -0.2) is 4.79 Å². The zero-order valence-electron chi connectivity index (χ0n) is 17.9. The lowest BCUT2D eigenvalue weighted by molar-refractivity contribution is 0.125. The van der Waals surface area contributed by atoms with Crippen molar-refractivity contribution >= 4 is 23.9 Å². The second kappa shape index (κ2) is 10.3. The summed E-state index contributed by atoms with van der Waals surface area (Å²) in [5.41, 5.74) is 0.932. The van der Waals surface area contributed by atoms with E-state index in [-0.39, 0.29) is 6.10 Å². The molecule has 1 amide bonds. The summed E-state index contributed by atoms with van der Waals surface area (Å²) in [5.74, 6) is 1.30. The summed E-state index contributed by atoms with van der Waals surface area (Å²) in [4.78, 5) is 17.0. The second-order valence-corrected chi connectivity index (χ2v) is 8.62. The van der Waals surface area contributed by atoms with E-state index in [4.69, 9.17) is 20.8 Å². The van der Waals surface area contributed by atoms with E-state index in [1.54, 1.807) is 6.21 Å². The Kier molecular flexibility index (Phi) is 7.27. The van der Waals surface area contributed by atoms with E-state index >= 15 is 0 Å². The third-order valence-corrected chi connectivity index (χ3v) is 6.03. The van der Waals surface area contributed by atoms with Crippen LogP contribution in [0.3, 0.4) is 0 Å². The van der Waals surface area contributed by atoms with Crippen molar-refractivity contribution in [2.24, 2.45) is 5.10 Å². The predicted molar refractivity (Wildman–Crippen MR) is 122 cm³/mol. The van der Waals surface area contributed by atoms with Crippen molar-refractivity contribution < 1.29 is 13.9 Å². The number of ether oxygens (including phenoxy) is 1. The minimum absolute atomic E-state index is 0.0987. The molecular formula is C23H29ClN4O3. The molecule has 2 aromatic rings. The van der Waals surface area contributed by atoms with Crippen LogP contribution in [0.15, 0.2) is 45.9 Å². The Morgan fingerprint density at radius 2 is 1.87 bits per heavy atom. The molecule has 31 heavy (non-hydrogen) atoms. The average Bonchev–Trinajstić information content (AvgIpc) is 3.38. The fourth-order valence-electron chi connectivity index (χ4n) is 3.85. The first kappa shape index (κ1) is 21.9. The number of benzene rings is 1. The average molecular weight is 445 g/mol. The van der Waals surface area contributed by atoms with Crippen molar-refractivity contribution in [2.45, 2.75) is 25.4 Å². The molecule has 2 fully saturated rings. The largest absolute Gasteiger partial charge is 0.455 e. The molecule has 166 valence electrons. The third kappa shape index (κ3) is 6.09. The van der Waals surface area contributed by atoms with E-state index in [0.29, 0.717) is 17.3 Å². The van der Waals surface area contributed by atoms with Crippen LogP contribution >= 0.6 is 11.6 Å². The Bertz CT molecular complexity index is 890. The van der Waals surface area contributed by atoms with Crippen LogP contribution in [0.4, 0.5) is 4.79 Å². The maximum absolute atomic E-state index is 12.1. The van der Waals surface area contributed by atoms with Crippen molar-refractivity contribution in [1.82, 2.24) is 14.8 Å². The highest BCUT2D eigenvalue weighted by Gasteiger charge is 2.30. The maximum atomic E-state index is 12.1. The number of hydrogen-bond acceptors (Lipinski definition) is 6. The molecule has 0 N–H and O–H groups in total. The first-order valence-electron chi connectivity index (χ1n) is 10.9. The summed E-state index contributed by atoms with van der Waals surface area (Å²) < 4.78 is 11.3. The molecule has 1 unspecified atom stereocenters. The zero-order chi connectivity index (χ0) is 21.6. The minimum atomic E-state index is -0.398. The lowest BCUT2D eigenvalue weighted by atomic mass is 10.1. The molecule has 0 bridgehead atoms. The number of unbranched alkanes of at least 4 members (excludes halogenated alkanes) is 1. The Hall–Kier alpha value is -2.35. The number of cyclic esters (lactones) is 1. The zero-order valence-corrected chi connectivity index (χ0v) is 18.6. The molecule has 0 radical (unpaired) electrons. The molecular weight excluding hydrogens is 416 g/mol. The smallest absolute Gasteiger partial charge is 0.430 e. The Morgan fingerprint density at radius 1 is 1.10 bits per heavy atom.